The van der Waals surface area contributed by atoms with E-state index in [4.69, 9.17) is 11.6 Å². The van der Waals surface area contributed by atoms with Gasteiger partial charge in [0.05, 0.1) is 6.10 Å². The molecule has 2 nitrogen and oxygen atoms in total. The molecule has 0 saturated heterocycles. The van der Waals surface area contributed by atoms with Crippen LogP contribution in [0.2, 0.25) is 0 Å². The van der Waals surface area contributed by atoms with Crippen LogP contribution >= 0.6 is 22.9 Å². The van der Waals surface area contributed by atoms with E-state index in [9.17, 15) is 5.11 Å². The predicted octanol–water partition coefficient (Wildman–Crippen LogP) is 4.79. The van der Waals surface area contributed by atoms with Crippen LogP contribution in [0.15, 0.2) is 41.8 Å². The first-order chi connectivity index (χ1) is 10.6. The average Bonchev–Trinajstić information content (AvgIpc) is 3.08. The first-order valence-electron chi connectivity index (χ1n) is 7.72. The summed E-state index contributed by atoms with van der Waals surface area (Å²) in [4.78, 5) is 3.41. The Hall–Kier alpha value is -0.870. The molecule has 120 valence electrons. The molecule has 0 aliphatic rings. The van der Waals surface area contributed by atoms with Gasteiger partial charge in [0.15, 0.2) is 0 Å². The van der Waals surface area contributed by atoms with E-state index in [2.05, 4.69) is 36.4 Å². The van der Waals surface area contributed by atoms with Gasteiger partial charge in [-0.3, -0.25) is 0 Å². The van der Waals surface area contributed by atoms with Crippen molar-refractivity contribution < 1.29 is 5.11 Å². The molecule has 22 heavy (non-hydrogen) atoms. The van der Waals surface area contributed by atoms with Gasteiger partial charge in [0.2, 0.25) is 0 Å². The number of thiophene rings is 1. The standard InChI is InChI=1S/C18H24ClNOS/c1-14(20(2)12-6-5-11-19)18(21)16-9-4-3-8-15(16)17-10-7-13-22-17/h3-4,7-10,13-14,18,21H,5-6,11-12H2,1-2H3. The summed E-state index contributed by atoms with van der Waals surface area (Å²) in [6.45, 7) is 3.03. The Kier molecular flexibility index (Phi) is 6.90. The van der Waals surface area contributed by atoms with E-state index in [1.807, 2.05) is 24.3 Å². The van der Waals surface area contributed by atoms with Crippen LogP contribution in [0.25, 0.3) is 10.4 Å². The Balaban J connectivity index is 2.14. The minimum Gasteiger partial charge on any atom is -0.387 e. The number of alkyl halides is 1. The van der Waals surface area contributed by atoms with Crippen molar-refractivity contribution in [2.24, 2.45) is 0 Å². The molecule has 1 aromatic heterocycles. The van der Waals surface area contributed by atoms with Crippen molar-refractivity contribution in [3.8, 4) is 10.4 Å². The second kappa shape index (κ2) is 8.68. The summed E-state index contributed by atoms with van der Waals surface area (Å²) in [6, 6.07) is 12.4. The first kappa shape index (κ1) is 17.5. The van der Waals surface area contributed by atoms with Gasteiger partial charge in [-0.15, -0.1) is 22.9 Å². The topological polar surface area (TPSA) is 23.5 Å². The van der Waals surface area contributed by atoms with E-state index in [0.717, 1.165) is 30.5 Å². The summed E-state index contributed by atoms with van der Waals surface area (Å²) in [5, 5.41) is 12.9. The highest BCUT2D eigenvalue weighted by molar-refractivity contribution is 7.13. The molecular weight excluding hydrogens is 314 g/mol. The Labute approximate surface area is 142 Å². The molecule has 4 heteroatoms. The molecular formula is C18H24ClNOS. The van der Waals surface area contributed by atoms with E-state index in [1.165, 1.54) is 4.88 Å². The Morgan fingerprint density at radius 2 is 1.95 bits per heavy atom. The van der Waals surface area contributed by atoms with Crippen LogP contribution in [0.4, 0.5) is 0 Å². The van der Waals surface area contributed by atoms with Gasteiger partial charge in [-0.25, -0.2) is 0 Å². The summed E-state index contributed by atoms with van der Waals surface area (Å²) in [5.41, 5.74) is 2.13. The van der Waals surface area contributed by atoms with Crippen molar-refractivity contribution in [1.29, 1.82) is 0 Å². The number of halogens is 1. The zero-order valence-electron chi connectivity index (χ0n) is 13.2. The molecule has 0 amide bonds. The highest BCUT2D eigenvalue weighted by Gasteiger charge is 2.23. The molecule has 1 aromatic carbocycles. The maximum absolute atomic E-state index is 10.8. The van der Waals surface area contributed by atoms with Crippen LogP contribution in [0, 0.1) is 0 Å². The van der Waals surface area contributed by atoms with Crippen LogP contribution in [0.5, 0.6) is 0 Å². The fourth-order valence-corrected chi connectivity index (χ4v) is 3.53. The number of aliphatic hydroxyl groups is 1. The van der Waals surface area contributed by atoms with Gasteiger partial charge >= 0.3 is 0 Å². The monoisotopic (exact) mass is 337 g/mol. The van der Waals surface area contributed by atoms with Gasteiger partial charge in [-0.05, 0) is 55.9 Å². The minimum absolute atomic E-state index is 0.0661. The van der Waals surface area contributed by atoms with E-state index in [1.54, 1.807) is 11.3 Å². The van der Waals surface area contributed by atoms with Crippen molar-refractivity contribution in [2.75, 3.05) is 19.5 Å². The van der Waals surface area contributed by atoms with Gasteiger partial charge in [0.1, 0.15) is 0 Å². The molecule has 0 fully saturated rings. The number of hydrogen-bond acceptors (Lipinski definition) is 3. The molecule has 2 rings (SSSR count). The lowest BCUT2D eigenvalue weighted by molar-refractivity contribution is 0.0724. The summed E-state index contributed by atoms with van der Waals surface area (Å²) in [5.74, 6) is 0.700. The molecule has 1 N–H and O–H groups in total. The Morgan fingerprint density at radius 1 is 1.18 bits per heavy atom. The number of rotatable bonds is 8. The molecule has 0 spiro atoms. The maximum Gasteiger partial charge on any atom is 0.0948 e. The quantitative estimate of drug-likeness (QED) is 0.553. The third-order valence-corrected chi connectivity index (χ3v) is 5.28. The van der Waals surface area contributed by atoms with Gasteiger partial charge < -0.3 is 10.0 Å². The third kappa shape index (κ3) is 4.32. The molecule has 0 aliphatic heterocycles. The van der Waals surface area contributed by atoms with Crippen LogP contribution in [0.1, 0.15) is 31.4 Å². The number of likely N-dealkylation sites (N-methyl/N-ethyl adjacent to an activating group) is 1. The summed E-state index contributed by atoms with van der Waals surface area (Å²) in [6.07, 6.45) is 1.57. The summed E-state index contributed by atoms with van der Waals surface area (Å²) < 4.78 is 0. The lowest BCUT2D eigenvalue weighted by Crippen LogP contribution is -2.35. The van der Waals surface area contributed by atoms with E-state index in [-0.39, 0.29) is 6.04 Å². The highest BCUT2D eigenvalue weighted by Crippen LogP contribution is 2.33. The summed E-state index contributed by atoms with van der Waals surface area (Å²) in [7, 11) is 2.07. The van der Waals surface area contributed by atoms with Crippen LogP contribution in [-0.4, -0.2) is 35.5 Å². The van der Waals surface area contributed by atoms with E-state index >= 15 is 0 Å². The zero-order chi connectivity index (χ0) is 15.9. The second-order valence-electron chi connectivity index (χ2n) is 5.63. The van der Waals surface area contributed by atoms with E-state index in [0.29, 0.717) is 5.88 Å². The molecule has 0 radical (unpaired) electrons. The molecule has 0 saturated carbocycles. The molecule has 2 aromatic rings. The van der Waals surface area contributed by atoms with Crippen molar-refractivity contribution in [3.05, 3.63) is 47.3 Å². The van der Waals surface area contributed by atoms with Gasteiger partial charge in [-0.1, -0.05) is 30.3 Å². The fourth-order valence-electron chi connectivity index (χ4n) is 2.57. The van der Waals surface area contributed by atoms with Crippen LogP contribution in [-0.2, 0) is 0 Å². The number of benzene rings is 1. The normalized spacial score (nSPS) is 14.2. The molecule has 0 bridgehead atoms. The molecule has 2 atom stereocenters. The Bertz CT molecular complexity index is 558. The first-order valence-corrected chi connectivity index (χ1v) is 9.13. The van der Waals surface area contributed by atoms with Crippen LogP contribution in [0.3, 0.4) is 0 Å². The number of nitrogens with zero attached hydrogens (tertiary/aromatic N) is 1. The zero-order valence-corrected chi connectivity index (χ0v) is 14.8. The van der Waals surface area contributed by atoms with Crippen LogP contribution < -0.4 is 0 Å². The van der Waals surface area contributed by atoms with Gasteiger partial charge in [-0.2, -0.15) is 0 Å². The third-order valence-electron chi connectivity index (χ3n) is 4.11. The molecule has 0 aliphatic carbocycles. The molecule has 1 heterocycles. The van der Waals surface area contributed by atoms with Gasteiger partial charge in [0, 0.05) is 16.8 Å². The lowest BCUT2D eigenvalue weighted by atomic mass is 9.96. The number of aliphatic hydroxyl groups excluding tert-OH is 1. The van der Waals surface area contributed by atoms with Crippen molar-refractivity contribution in [1.82, 2.24) is 4.90 Å². The predicted molar refractivity (Wildman–Crippen MR) is 96.8 cm³/mol. The van der Waals surface area contributed by atoms with Gasteiger partial charge in [0.25, 0.3) is 0 Å². The van der Waals surface area contributed by atoms with E-state index < -0.39 is 6.10 Å². The summed E-state index contributed by atoms with van der Waals surface area (Å²) >= 11 is 7.44. The largest absolute Gasteiger partial charge is 0.387 e. The highest BCUT2D eigenvalue weighted by atomic mass is 35.5. The lowest BCUT2D eigenvalue weighted by Gasteiger charge is -2.30. The SMILES string of the molecule is CC(C(O)c1ccccc1-c1cccs1)N(C)CCCCCl. The van der Waals surface area contributed by atoms with Crippen molar-refractivity contribution >= 4 is 22.9 Å². The smallest absolute Gasteiger partial charge is 0.0948 e. The average molecular weight is 338 g/mol. The molecule has 2 unspecified atom stereocenters. The van der Waals surface area contributed by atoms with Crippen molar-refractivity contribution in [3.63, 3.8) is 0 Å². The Morgan fingerprint density at radius 3 is 2.64 bits per heavy atom. The second-order valence-corrected chi connectivity index (χ2v) is 6.95. The minimum atomic E-state index is -0.501. The maximum atomic E-state index is 10.8. The van der Waals surface area contributed by atoms with Crippen molar-refractivity contribution in [2.45, 2.75) is 31.9 Å². The fraction of sp³-hybridized carbons (Fsp3) is 0.444. The number of hydrogen-bond donors (Lipinski definition) is 1. The number of unbranched alkanes of at least 4 members (excludes halogenated alkanes) is 1.